The Morgan fingerprint density at radius 1 is 1.36 bits per heavy atom. The van der Waals surface area contributed by atoms with E-state index >= 15 is 0 Å². The third-order valence-corrected chi connectivity index (χ3v) is 3.90. The first kappa shape index (κ1) is 19.3. The van der Waals surface area contributed by atoms with Gasteiger partial charge in [0.05, 0.1) is 19.7 Å². The number of ether oxygens (including phenoxy) is 1. The summed E-state index contributed by atoms with van der Waals surface area (Å²) in [5.74, 6) is -0.569. The molecule has 5 nitrogen and oxygen atoms in total. The maximum Gasteiger partial charge on any atom is 0.359 e. The van der Waals surface area contributed by atoms with Gasteiger partial charge in [0.15, 0.2) is 5.69 Å². The number of hydrogen-bond donors (Lipinski definition) is 1. The monoisotopic (exact) mass is 371 g/mol. The van der Waals surface area contributed by atoms with Gasteiger partial charge in [0.1, 0.15) is 5.15 Å². The molecule has 25 heavy (non-hydrogen) atoms. The van der Waals surface area contributed by atoms with Crippen molar-refractivity contribution in [1.29, 1.82) is 0 Å². The molecule has 0 radical (unpaired) electrons. The van der Waals surface area contributed by atoms with Crippen molar-refractivity contribution in [3.8, 4) is 0 Å². The Balaban J connectivity index is 2.20. The number of benzene rings is 1. The van der Waals surface area contributed by atoms with E-state index in [-0.39, 0.29) is 18.8 Å². The summed E-state index contributed by atoms with van der Waals surface area (Å²) in [7, 11) is 0. The number of nitrogens with one attached hydrogen (secondary N) is 1. The Morgan fingerprint density at radius 3 is 2.72 bits per heavy atom. The van der Waals surface area contributed by atoms with E-state index in [4.69, 9.17) is 16.3 Å². The molecule has 0 fully saturated rings. The molecule has 1 aromatic carbocycles. The Labute approximate surface area is 149 Å². The van der Waals surface area contributed by atoms with Gasteiger partial charge in [0.25, 0.3) is 6.43 Å². The topological polar surface area (TPSA) is 56.1 Å². The highest BCUT2D eigenvalue weighted by atomic mass is 35.5. The summed E-state index contributed by atoms with van der Waals surface area (Å²) in [6, 6.07) is 9.54. The van der Waals surface area contributed by atoms with Crippen molar-refractivity contribution in [2.45, 2.75) is 26.3 Å². The molecule has 0 bridgehead atoms. The van der Waals surface area contributed by atoms with Gasteiger partial charge in [0, 0.05) is 5.56 Å². The van der Waals surface area contributed by atoms with Crippen LogP contribution >= 0.6 is 11.6 Å². The molecule has 0 saturated heterocycles. The van der Waals surface area contributed by atoms with Crippen LogP contribution in [-0.4, -0.2) is 41.9 Å². The lowest BCUT2D eigenvalue weighted by Crippen LogP contribution is -2.24. The van der Waals surface area contributed by atoms with E-state index in [1.807, 2.05) is 30.3 Å². The van der Waals surface area contributed by atoms with Gasteiger partial charge in [-0.1, -0.05) is 41.9 Å². The Morgan fingerprint density at radius 2 is 2.08 bits per heavy atom. The molecule has 1 N–H and O–H groups in total. The Hall–Kier alpha value is -1.99. The highest BCUT2D eigenvalue weighted by molar-refractivity contribution is 6.30. The summed E-state index contributed by atoms with van der Waals surface area (Å²) in [6.07, 6.45) is -2.13. The highest BCUT2D eigenvalue weighted by Gasteiger charge is 2.23. The van der Waals surface area contributed by atoms with Crippen molar-refractivity contribution >= 4 is 17.6 Å². The summed E-state index contributed by atoms with van der Waals surface area (Å²) in [5.41, 5.74) is 1.60. The number of alkyl halides is 2. The van der Waals surface area contributed by atoms with E-state index < -0.39 is 18.9 Å². The van der Waals surface area contributed by atoms with Crippen LogP contribution in [0.1, 0.15) is 28.5 Å². The third kappa shape index (κ3) is 5.51. The van der Waals surface area contributed by atoms with E-state index in [0.717, 1.165) is 5.56 Å². The molecule has 1 heterocycles. The minimum atomic E-state index is -2.43. The van der Waals surface area contributed by atoms with E-state index in [9.17, 15) is 13.6 Å². The van der Waals surface area contributed by atoms with Crippen LogP contribution in [-0.2, 0) is 17.7 Å². The molecule has 0 spiro atoms. The normalized spacial score (nSPS) is 11.1. The first-order chi connectivity index (χ1) is 12.0. The smallest absolute Gasteiger partial charge is 0.359 e. The second kappa shape index (κ2) is 9.48. The average molecular weight is 372 g/mol. The first-order valence-corrected chi connectivity index (χ1v) is 8.35. The van der Waals surface area contributed by atoms with Crippen LogP contribution in [0.25, 0.3) is 0 Å². The Bertz CT molecular complexity index is 693. The molecule has 0 aliphatic carbocycles. The maximum absolute atomic E-state index is 12.2. The van der Waals surface area contributed by atoms with Crippen LogP contribution < -0.4 is 5.32 Å². The second-order valence-electron chi connectivity index (χ2n) is 5.33. The highest BCUT2D eigenvalue weighted by Crippen LogP contribution is 2.22. The largest absolute Gasteiger partial charge is 0.461 e. The lowest BCUT2D eigenvalue weighted by atomic mass is 10.2. The lowest BCUT2D eigenvalue weighted by molar-refractivity contribution is 0.0517. The van der Waals surface area contributed by atoms with Gasteiger partial charge in [-0.3, -0.25) is 0 Å². The van der Waals surface area contributed by atoms with Crippen molar-refractivity contribution in [3.05, 3.63) is 52.3 Å². The average Bonchev–Trinajstić information content (AvgIpc) is 2.89. The molecule has 0 atom stereocenters. The van der Waals surface area contributed by atoms with Crippen molar-refractivity contribution in [2.75, 3.05) is 19.7 Å². The molecule has 8 heteroatoms. The quantitative estimate of drug-likeness (QED) is 0.543. The molecule has 0 saturated carbocycles. The van der Waals surface area contributed by atoms with Crippen molar-refractivity contribution in [3.63, 3.8) is 0 Å². The molecular formula is C17H20ClF2N3O2. The standard InChI is InChI=1S/C17H20ClF2N3O2/c1-2-25-17(24)15-13(8-9-21-10-14(19)20)16(18)23(22-15)11-12-6-4-3-5-7-12/h3-7,14,21H,2,8-11H2,1H3. The molecule has 136 valence electrons. The van der Waals surface area contributed by atoms with E-state index in [1.165, 1.54) is 4.68 Å². The fraction of sp³-hybridized carbons (Fsp3) is 0.412. The van der Waals surface area contributed by atoms with Crippen molar-refractivity contribution in [1.82, 2.24) is 15.1 Å². The number of halogens is 3. The predicted octanol–water partition coefficient (Wildman–Crippen LogP) is 3.16. The summed E-state index contributed by atoms with van der Waals surface area (Å²) in [4.78, 5) is 12.1. The fourth-order valence-electron chi connectivity index (χ4n) is 2.35. The number of carbonyl (C=O) groups excluding carboxylic acids is 1. The number of rotatable bonds is 9. The van der Waals surface area contributed by atoms with Gasteiger partial charge in [-0.05, 0) is 25.5 Å². The van der Waals surface area contributed by atoms with Gasteiger partial charge < -0.3 is 10.1 Å². The molecule has 1 aromatic heterocycles. The van der Waals surface area contributed by atoms with E-state index in [1.54, 1.807) is 6.92 Å². The molecule has 0 amide bonds. The first-order valence-electron chi connectivity index (χ1n) is 7.98. The number of hydrogen-bond acceptors (Lipinski definition) is 4. The van der Waals surface area contributed by atoms with E-state index in [2.05, 4.69) is 10.4 Å². The number of nitrogens with zero attached hydrogens (tertiary/aromatic N) is 2. The number of carbonyl (C=O) groups is 1. The molecule has 0 aliphatic heterocycles. The van der Waals surface area contributed by atoms with Crippen LogP contribution in [0.5, 0.6) is 0 Å². The van der Waals surface area contributed by atoms with Gasteiger partial charge in [0.2, 0.25) is 0 Å². The minimum absolute atomic E-state index is 0.127. The molecule has 0 aliphatic rings. The van der Waals surface area contributed by atoms with Crippen molar-refractivity contribution < 1.29 is 18.3 Å². The Kier molecular flexibility index (Phi) is 7.33. The van der Waals surface area contributed by atoms with Gasteiger partial charge >= 0.3 is 5.97 Å². The predicted molar refractivity (Wildman–Crippen MR) is 91.3 cm³/mol. The molecule has 2 rings (SSSR count). The van der Waals surface area contributed by atoms with E-state index in [0.29, 0.717) is 23.7 Å². The van der Waals surface area contributed by atoms with Crippen LogP contribution in [0.15, 0.2) is 30.3 Å². The summed E-state index contributed by atoms with van der Waals surface area (Å²) >= 11 is 6.38. The SMILES string of the molecule is CCOC(=O)c1nn(Cc2ccccc2)c(Cl)c1CCNCC(F)F. The summed E-state index contributed by atoms with van der Waals surface area (Å²) in [5, 5.41) is 7.20. The zero-order valence-electron chi connectivity index (χ0n) is 13.8. The third-order valence-electron chi connectivity index (χ3n) is 3.48. The van der Waals surface area contributed by atoms with Gasteiger partial charge in [-0.2, -0.15) is 5.10 Å². The number of aromatic nitrogens is 2. The van der Waals surface area contributed by atoms with Crippen LogP contribution in [0.3, 0.4) is 0 Å². The second-order valence-corrected chi connectivity index (χ2v) is 5.68. The lowest BCUT2D eigenvalue weighted by Gasteiger charge is -2.06. The molecule has 0 unspecified atom stereocenters. The summed E-state index contributed by atoms with van der Waals surface area (Å²) in [6.45, 7) is 2.16. The molecule has 2 aromatic rings. The van der Waals surface area contributed by atoms with Crippen molar-refractivity contribution in [2.24, 2.45) is 0 Å². The zero-order valence-corrected chi connectivity index (χ0v) is 14.6. The van der Waals surface area contributed by atoms with Gasteiger partial charge in [-0.15, -0.1) is 0 Å². The molecular weight excluding hydrogens is 352 g/mol. The minimum Gasteiger partial charge on any atom is -0.461 e. The fourth-order valence-corrected chi connectivity index (χ4v) is 2.63. The maximum atomic E-state index is 12.2. The van der Waals surface area contributed by atoms with Crippen LogP contribution in [0.2, 0.25) is 5.15 Å². The van der Waals surface area contributed by atoms with Crippen LogP contribution in [0.4, 0.5) is 8.78 Å². The zero-order chi connectivity index (χ0) is 18.2. The van der Waals surface area contributed by atoms with Crippen LogP contribution in [0, 0.1) is 0 Å². The number of esters is 1. The summed E-state index contributed by atoms with van der Waals surface area (Å²) < 4.78 is 31.0. The van der Waals surface area contributed by atoms with Gasteiger partial charge in [-0.25, -0.2) is 18.3 Å².